The number of ether oxygens (including phenoxy) is 2. The van der Waals surface area contributed by atoms with Crippen molar-refractivity contribution < 1.29 is 9.47 Å². The molecule has 1 N–H and O–H groups in total. The Morgan fingerprint density at radius 2 is 1.96 bits per heavy atom. The molecule has 0 radical (unpaired) electrons. The summed E-state index contributed by atoms with van der Waals surface area (Å²) in [5.74, 6) is 1.54. The first-order chi connectivity index (χ1) is 11.8. The van der Waals surface area contributed by atoms with Gasteiger partial charge in [-0.3, -0.25) is 5.43 Å². The van der Waals surface area contributed by atoms with E-state index in [-0.39, 0.29) is 0 Å². The van der Waals surface area contributed by atoms with E-state index in [9.17, 15) is 0 Å². The Bertz CT molecular complexity index is 812. The van der Waals surface area contributed by atoms with E-state index in [2.05, 4.69) is 15.5 Å². The van der Waals surface area contributed by atoms with Gasteiger partial charge in [-0.2, -0.15) is 5.10 Å². The van der Waals surface area contributed by atoms with Gasteiger partial charge in [0.25, 0.3) is 0 Å². The molecule has 0 unspecified atom stereocenters. The van der Waals surface area contributed by atoms with Gasteiger partial charge in [-0.05, 0) is 38.1 Å². The number of anilines is 1. The minimum absolute atomic E-state index is 0.585. The maximum Gasteiger partial charge on any atom is 0.204 e. The number of benzene rings is 2. The topological polar surface area (TPSA) is 55.7 Å². The quantitative estimate of drug-likeness (QED) is 0.506. The van der Waals surface area contributed by atoms with E-state index >= 15 is 0 Å². The Balaban J connectivity index is 1.75. The number of hydrogen-bond acceptors (Lipinski definition) is 6. The van der Waals surface area contributed by atoms with Crippen LogP contribution in [-0.4, -0.2) is 24.4 Å². The minimum atomic E-state index is 0.585. The van der Waals surface area contributed by atoms with Gasteiger partial charge in [-0.1, -0.05) is 23.5 Å². The summed E-state index contributed by atoms with van der Waals surface area (Å²) in [4.78, 5) is 4.48. The van der Waals surface area contributed by atoms with Crippen molar-refractivity contribution in [3.63, 3.8) is 0 Å². The smallest absolute Gasteiger partial charge is 0.204 e. The Kier molecular flexibility index (Phi) is 5.28. The zero-order valence-electron chi connectivity index (χ0n) is 13.7. The highest BCUT2D eigenvalue weighted by atomic mass is 32.1. The molecule has 124 valence electrons. The molecule has 0 aliphatic carbocycles. The summed E-state index contributed by atoms with van der Waals surface area (Å²) >= 11 is 1.57. The van der Waals surface area contributed by atoms with E-state index in [0.29, 0.717) is 13.2 Å². The summed E-state index contributed by atoms with van der Waals surface area (Å²) in [6.07, 6.45) is 1.73. The summed E-state index contributed by atoms with van der Waals surface area (Å²) in [6.45, 7) is 5.12. The second kappa shape index (κ2) is 7.79. The molecule has 0 atom stereocenters. The molecular formula is C18H19N3O2S. The van der Waals surface area contributed by atoms with Gasteiger partial charge in [0.2, 0.25) is 5.13 Å². The van der Waals surface area contributed by atoms with Gasteiger partial charge in [-0.15, -0.1) is 0 Å². The molecule has 3 rings (SSSR count). The maximum absolute atomic E-state index is 5.66. The second-order valence-corrected chi connectivity index (χ2v) is 5.95. The molecule has 0 saturated heterocycles. The lowest BCUT2D eigenvalue weighted by molar-refractivity contribution is 0.323. The summed E-state index contributed by atoms with van der Waals surface area (Å²) in [5.41, 5.74) is 4.83. The average Bonchev–Trinajstić information content (AvgIpc) is 3.00. The molecule has 0 aliphatic heterocycles. The highest BCUT2D eigenvalue weighted by molar-refractivity contribution is 7.22. The number of hydrazone groups is 1. The molecule has 0 amide bonds. The van der Waals surface area contributed by atoms with Crippen LogP contribution in [0.4, 0.5) is 5.13 Å². The minimum Gasteiger partial charge on any atom is -0.494 e. The zero-order chi connectivity index (χ0) is 16.8. The van der Waals surface area contributed by atoms with E-state index in [1.807, 2.05) is 56.3 Å². The monoisotopic (exact) mass is 341 g/mol. The molecule has 0 saturated carbocycles. The van der Waals surface area contributed by atoms with E-state index < -0.39 is 0 Å². The fraction of sp³-hybridized carbons (Fsp3) is 0.222. The molecule has 24 heavy (non-hydrogen) atoms. The Labute approximate surface area is 144 Å². The number of thiazole rings is 1. The van der Waals surface area contributed by atoms with Crippen molar-refractivity contribution >= 4 is 32.9 Å². The summed E-state index contributed by atoms with van der Waals surface area (Å²) in [5, 5.41) is 5.04. The van der Waals surface area contributed by atoms with E-state index in [1.165, 1.54) is 0 Å². The highest BCUT2D eigenvalue weighted by Gasteiger charge is 2.05. The van der Waals surface area contributed by atoms with Gasteiger partial charge in [0.05, 0.1) is 29.6 Å². The van der Waals surface area contributed by atoms with E-state index in [0.717, 1.165) is 32.4 Å². The zero-order valence-corrected chi connectivity index (χ0v) is 14.5. The highest BCUT2D eigenvalue weighted by Crippen LogP contribution is 2.26. The van der Waals surface area contributed by atoms with Crippen LogP contribution in [0.1, 0.15) is 19.4 Å². The van der Waals surface area contributed by atoms with Crippen molar-refractivity contribution in [3.8, 4) is 11.5 Å². The van der Waals surface area contributed by atoms with Crippen LogP contribution in [0, 0.1) is 0 Å². The van der Waals surface area contributed by atoms with Gasteiger partial charge < -0.3 is 9.47 Å². The summed E-state index contributed by atoms with van der Waals surface area (Å²) < 4.78 is 12.3. The van der Waals surface area contributed by atoms with Crippen LogP contribution in [0.25, 0.3) is 10.2 Å². The lowest BCUT2D eigenvalue weighted by atomic mass is 10.2. The number of rotatable bonds is 7. The number of fused-ring (bicyclic) bond motifs is 1. The standard InChI is InChI=1S/C18H19N3O2S/c1-3-22-14-10-9-13(16(11-14)23-4-2)12-19-21-18-20-15-7-5-6-8-17(15)24-18/h5-12H,3-4H2,1-2H3,(H,20,21)/b19-12+. The van der Waals surface area contributed by atoms with Gasteiger partial charge in [-0.25, -0.2) is 4.98 Å². The Hall–Kier alpha value is -2.60. The van der Waals surface area contributed by atoms with Crippen molar-refractivity contribution in [1.29, 1.82) is 0 Å². The maximum atomic E-state index is 5.66. The third kappa shape index (κ3) is 3.83. The predicted octanol–water partition coefficient (Wildman–Crippen LogP) is 4.54. The molecule has 0 fully saturated rings. The lowest BCUT2D eigenvalue weighted by Gasteiger charge is -2.09. The summed E-state index contributed by atoms with van der Waals surface area (Å²) in [7, 11) is 0. The van der Waals surface area contributed by atoms with E-state index in [1.54, 1.807) is 17.6 Å². The van der Waals surface area contributed by atoms with Crippen LogP contribution in [0.5, 0.6) is 11.5 Å². The molecule has 1 aromatic heterocycles. The molecule has 0 spiro atoms. The number of nitrogens with zero attached hydrogens (tertiary/aromatic N) is 2. The molecule has 5 nitrogen and oxygen atoms in total. The van der Waals surface area contributed by atoms with Gasteiger partial charge in [0.15, 0.2) is 0 Å². The van der Waals surface area contributed by atoms with Crippen LogP contribution < -0.4 is 14.9 Å². The van der Waals surface area contributed by atoms with Crippen molar-refractivity contribution in [2.24, 2.45) is 5.10 Å². The van der Waals surface area contributed by atoms with Gasteiger partial charge in [0, 0.05) is 11.6 Å². The first-order valence-electron chi connectivity index (χ1n) is 7.84. The van der Waals surface area contributed by atoms with Crippen molar-refractivity contribution in [3.05, 3.63) is 48.0 Å². The third-order valence-electron chi connectivity index (χ3n) is 3.25. The van der Waals surface area contributed by atoms with Crippen molar-refractivity contribution in [1.82, 2.24) is 4.98 Å². The van der Waals surface area contributed by atoms with Crippen LogP contribution in [0.2, 0.25) is 0 Å². The van der Waals surface area contributed by atoms with Crippen LogP contribution >= 0.6 is 11.3 Å². The first kappa shape index (κ1) is 16.3. The largest absolute Gasteiger partial charge is 0.494 e. The van der Waals surface area contributed by atoms with Crippen molar-refractivity contribution in [2.45, 2.75) is 13.8 Å². The lowest BCUT2D eigenvalue weighted by Crippen LogP contribution is -1.99. The molecule has 3 aromatic rings. The number of para-hydroxylation sites is 1. The van der Waals surface area contributed by atoms with Crippen LogP contribution in [-0.2, 0) is 0 Å². The number of nitrogens with one attached hydrogen (secondary N) is 1. The van der Waals surface area contributed by atoms with Gasteiger partial charge >= 0.3 is 0 Å². The fourth-order valence-corrected chi connectivity index (χ4v) is 3.05. The molecular weight excluding hydrogens is 322 g/mol. The number of hydrogen-bond donors (Lipinski definition) is 1. The third-order valence-corrected chi connectivity index (χ3v) is 4.19. The molecule has 0 bridgehead atoms. The Morgan fingerprint density at radius 1 is 1.12 bits per heavy atom. The Morgan fingerprint density at radius 3 is 2.75 bits per heavy atom. The van der Waals surface area contributed by atoms with Crippen molar-refractivity contribution in [2.75, 3.05) is 18.6 Å². The predicted molar refractivity (Wildman–Crippen MR) is 99.6 cm³/mol. The SMILES string of the molecule is CCOc1ccc(/C=N/Nc2nc3ccccc3s2)c(OCC)c1. The first-order valence-corrected chi connectivity index (χ1v) is 8.66. The average molecular weight is 341 g/mol. The second-order valence-electron chi connectivity index (χ2n) is 4.92. The number of aromatic nitrogens is 1. The summed E-state index contributed by atoms with van der Waals surface area (Å²) in [6, 6.07) is 13.7. The van der Waals surface area contributed by atoms with Gasteiger partial charge in [0.1, 0.15) is 11.5 Å². The molecule has 2 aromatic carbocycles. The normalized spacial score (nSPS) is 11.1. The molecule has 0 aliphatic rings. The van der Waals surface area contributed by atoms with E-state index in [4.69, 9.17) is 9.47 Å². The fourth-order valence-electron chi connectivity index (χ4n) is 2.24. The molecule has 1 heterocycles. The molecule has 6 heteroatoms. The van der Waals surface area contributed by atoms with Crippen LogP contribution in [0.3, 0.4) is 0 Å². The van der Waals surface area contributed by atoms with Crippen LogP contribution in [0.15, 0.2) is 47.6 Å².